The zero-order valence-electron chi connectivity index (χ0n) is 29.3. The molecule has 0 atom stereocenters. The number of nitrogens with zero attached hydrogens (tertiary/aromatic N) is 4. The van der Waals surface area contributed by atoms with Crippen LogP contribution < -0.4 is 0 Å². The van der Waals surface area contributed by atoms with E-state index in [2.05, 4.69) is 159 Å². The molecule has 0 unspecified atom stereocenters. The van der Waals surface area contributed by atoms with Crippen molar-refractivity contribution in [1.29, 1.82) is 5.26 Å². The smallest absolute Gasteiger partial charge is 0.196 e. The Bertz CT molecular complexity index is 2630. The molecule has 4 heteroatoms. The van der Waals surface area contributed by atoms with E-state index in [4.69, 9.17) is 6.57 Å². The molecule has 0 aliphatic rings. The highest BCUT2D eigenvalue weighted by molar-refractivity contribution is 6.18. The average molecular weight is 647 g/mol. The van der Waals surface area contributed by atoms with Gasteiger partial charge in [-0.05, 0) is 76.6 Å². The van der Waals surface area contributed by atoms with Gasteiger partial charge in [0.2, 0.25) is 0 Å². The Morgan fingerprint density at radius 3 is 1.76 bits per heavy atom. The maximum Gasteiger partial charge on any atom is 0.196 e. The molecule has 4 nitrogen and oxygen atoms in total. The Hall–Kier alpha value is -6.10. The standard InChI is InChI=1S/C46H38N4/c1-45(2,3)30-20-23-39-35(26-30)36-27-31(46(4,5)6)21-24-40(36)50(39)41-25-22-34-33-17-11-12-19-38(33)49(32-15-9-8-10-16-32)44(34)43(41)42-29(28-47)14-13-18-37(42)48-7/h8-27H,1-6H3. The molecule has 0 N–H and O–H groups in total. The number of hydrogen-bond acceptors (Lipinski definition) is 1. The minimum Gasteiger partial charge on any atom is -0.309 e. The van der Waals surface area contributed by atoms with Crippen molar-refractivity contribution >= 4 is 49.3 Å². The van der Waals surface area contributed by atoms with E-state index in [0.29, 0.717) is 16.8 Å². The summed E-state index contributed by atoms with van der Waals surface area (Å²) in [6.07, 6.45) is 0. The van der Waals surface area contributed by atoms with Crippen molar-refractivity contribution in [3.8, 4) is 28.6 Å². The fraction of sp³-hybridized carbons (Fsp3) is 0.174. The molecule has 50 heavy (non-hydrogen) atoms. The van der Waals surface area contributed by atoms with Crippen LogP contribution in [0.3, 0.4) is 0 Å². The molecule has 0 radical (unpaired) electrons. The number of hydrogen-bond donors (Lipinski definition) is 0. The van der Waals surface area contributed by atoms with Gasteiger partial charge in [0.1, 0.15) is 0 Å². The topological polar surface area (TPSA) is 38.0 Å². The van der Waals surface area contributed by atoms with Gasteiger partial charge in [-0.1, -0.05) is 108 Å². The maximum atomic E-state index is 10.6. The second-order valence-corrected chi connectivity index (χ2v) is 15.3. The number of fused-ring (bicyclic) bond motifs is 6. The Morgan fingerprint density at radius 1 is 0.560 bits per heavy atom. The molecule has 6 aromatic carbocycles. The minimum absolute atomic E-state index is 0.0266. The van der Waals surface area contributed by atoms with Crippen molar-refractivity contribution in [2.24, 2.45) is 0 Å². The minimum atomic E-state index is -0.0266. The lowest BCUT2D eigenvalue weighted by Gasteiger charge is -2.21. The summed E-state index contributed by atoms with van der Waals surface area (Å²) in [5, 5.41) is 15.2. The normalized spacial score (nSPS) is 12.2. The molecule has 2 aromatic heterocycles. The zero-order valence-corrected chi connectivity index (χ0v) is 29.3. The van der Waals surface area contributed by atoms with E-state index in [1.807, 2.05) is 24.3 Å². The predicted molar refractivity (Wildman–Crippen MR) is 209 cm³/mol. The first kappa shape index (κ1) is 31.2. The number of benzene rings is 6. The molecule has 8 rings (SSSR count). The monoisotopic (exact) mass is 646 g/mol. The van der Waals surface area contributed by atoms with Crippen molar-refractivity contribution in [3.05, 3.63) is 149 Å². The zero-order chi connectivity index (χ0) is 34.9. The number of nitriles is 1. The van der Waals surface area contributed by atoms with E-state index in [1.165, 1.54) is 21.9 Å². The van der Waals surface area contributed by atoms with Crippen LogP contribution in [0.2, 0.25) is 0 Å². The first-order valence-electron chi connectivity index (χ1n) is 17.1. The third kappa shape index (κ3) is 4.72. The van der Waals surface area contributed by atoms with Gasteiger partial charge in [0.25, 0.3) is 0 Å². The van der Waals surface area contributed by atoms with Gasteiger partial charge in [-0.2, -0.15) is 5.26 Å². The van der Waals surface area contributed by atoms with Crippen LogP contribution in [0.1, 0.15) is 58.2 Å². The molecule has 0 amide bonds. The molecular weight excluding hydrogens is 609 g/mol. The van der Waals surface area contributed by atoms with Crippen LogP contribution in [0.4, 0.5) is 5.69 Å². The van der Waals surface area contributed by atoms with Crippen molar-refractivity contribution < 1.29 is 0 Å². The Morgan fingerprint density at radius 2 is 1.16 bits per heavy atom. The summed E-state index contributed by atoms with van der Waals surface area (Å²) in [6.45, 7) is 21.9. The summed E-state index contributed by atoms with van der Waals surface area (Å²) >= 11 is 0. The SMILES string of the molecule is [C-]#[N+]c1cccc(C#N)c1-c1c(-n2c3ccc(C(C)(C)C)cc3c3cc(C(C)(C)C)ccc32)ccc2c3ccccc3n(-c3ccccc3)c12. The fourth-order valence-corrected chi connectivity index (χ4v) is 7.53. The highest BCUT2D eigenvalue weighted by Crippen LogP contribution is 2.48. The molecule has 0 aliphatic heterocycles. The highest BCUT2D eigenvalue weighted by Gasteiger charge is 2.27. The summed E-state index contributed by atoms with van der Waals surface area (Å²) in [4.78, 5) is 4.02. The first-order valence-corrected chi connectivity index (χ1v) is 17.1. The van der Waals surface area contributed by atoms with Crippen molar-refractivity contribution in [2.45, 2.75) is 52.4 Å². The van der Waals surface area contributed by atoms with E-state index < -0.39 is 0 Å². The summed E-state index contributed by atoms with van der Waals surface area (Å²) < 4.78 is 4.65. The molecule has 0 bridgehead atoms. The molecule has 0 spiro atoms. The van der Waals surface area contributed by atoms with Gasteiger partial charge in [0.15, 0.2) is 5.69 Å². The van der Waals surface area contributed by atoms with Gasteiger partial charge in [0, 0.05) is 43.9 Å². The summed E-state index contributed by atoms with van der Waals surface area (Å²) in [5.41, 5.74) is 11.1. The van der Waals surface area contributed by atoms with Crippen LogP contribution in [0.5, 0.6) is 0 Å². The highest BCUT2D eigenvalue weighted by atomic mass is 15.0. The number of para-hydroxylation sites is 2. The van der Waals surface area contributed by atoms with Gasteiger partial charge < -0.3 is 9.13 Å². The third-order valence-corrected chi connectivity index (χ3v) is 10.1. The van der Waals surface area contributed by atoms with Gasteiger partial charge in [-0.3, -0.25) is 0 Å². The summed E-state index contributed by atoms with van der Waals surface area (Å²) in [5.74, 6) is 0. The Balaban J connectivity index is 1.63. The maximum absolute atomic E-state index is 10.6. The van der Waals surface area contributed by atoms with E-state index in [1.54, 1.807) is 0 Å². The molecule has 0 saturated carbocycles. The van der Waals surface area contributed by atoms with E-state index in [-0.39, 0.29) is 10.8 Å². The summed E-state index contributed by atoms with van der Waals surface area (Å²) in [7, 11) is 0. The Labute approximate surface area is 293 Å². The van der Waals surface area contributed by atoms with E-state index in [9.17, 15) is 5.26 Å². The second-order valence-electron chi connectivity index (χ2n) is 15.3. The summed E-state index contributed by atoms with van der Waals surface area (Å²) in [6, 6.07) is 44.9. The van der Waals surface area contributed by atoms with Crippen LogP contribution in [0.15, 0.2) is 121 Å². The number of rotatable bonds is 3. The quantitative estimate of drug-likeness (QED) is 0.176. The molecular formula is C46H38N4. The van der Waals surface area contributed by atoms with Crippen molar-refractivity contribution in [2.75, 3.05) is 0 Å². The van der Waals surface area contributed by atoms with Gasteiger partial charge in [-0.15, -0.1) is 0 Å². The van der Waals surface area contributed by atoms with Crippen LogP contribution >= 0.6 is 0 Å². The largest absolute Gasteiger partial charge is 0.309 e. The van der Waals surface area contributed by atoms with Gasteiger partial charge in [-0.25, -0.2) is 4.85 Å². The molecule has 2 heterocycles. The van der Waals surface area contributed by atoms with Crippen LogP contribution in [0.25, 0.3) is 71.0 Å². The molecule has 242 valence electrons. The lowest BCUT2D eigenvalue weighted by molar-refractivity contribution is 0.590. The first-order chi connectivity index (χ1) is 24.0. The van der Waals surface area contributed by atoms with E-state index >= 15 is 0 Å². The predicted octanol–water partition coefficient (Wildman–Crippen LogP) is 12.6. The van der Waals surface area contributed by atoms with Gasteiger partial charge >= 0.3 is 0 Å². The molecule has 0 aliphatic carbocycles. The molecule has 0 fully saturated rings. The second kappa shape index (κ2) is 11.2. The third-order valence-electron chi connectivity index (χ3n) is 10.1. The molecule has 8 aromatic rings. The van der Waals surface area contributed by atoms with Crippen LogP contribution in [0, 0.1) is 17.9 Å². The van der Waals surface area contributed by atoms with Crippen molar-refractivity contribution in [3.63, 3.8) is 0 Å². The average Bonchev–Trinajstić information content (AvgIpc) is 3.62. The Kier molecular flexibility index (Phi) is 7.00. The molecule has 0 saturated heterocycles. The lowest BCUT2D eigenvalue weighted by Crippen LogP contribution is -2.10. The van der Waals surface area contributed by atoms with Crippen LogP contribution in [-0.2, 0) is 10.8 Å². The fourth-order valence-electron chi connectivity index (χ4n) is 7.53. The van der Waals surface area contributed by atoms with E-state index in [0.717, 1.165) is 49.8 Å². The number of aromatic nitrogens is 2. The van der Waals surface area contributed by atoms with Crippen molar-refractivity contribution in [1.82, 2.24) is 9.13 Å². The lowest BCUT2D eigenvalue weighted by atomic mass is 9.85. The van der Waals surface area contributed by atoms with Crippen LogP contribution in [-0.4, -0.2) is 9.13 Å². The van der Waals surface area contributed by atoms with Gasteiger partial charge in [0.05, 0.1) is 40.4 Å².